The lowest BCUT2D eigenvalue weighted by Gasteiger charge is -2.48. The van der Waals surface area contributed by atoms with Gasteiger partial charge < -0.3 is 28.8 Å². The molecular weight excluding hydrogens is 664 g/mol. The average molecular weight is 693 g/mol. The molecule has 18 nitrogen and oxygen atoms in total. The Kier molecular flexibility index (Phi) is 7.21. The van der Waals surface area contributed by atoms with Crippen LogP contribution in [0.15, 0.2) is 95.7 Å². The second kappa shape index (κ2) is 12.2. The van der Waals surface area contributed by atoms with Crippen molar-refractivity contribution in [3.8, 4) is 34.7 Å². The van der Waals surface area contributed by atoms with E-state index in [1.165, 1.54) is 12.7 Å². The molecule has 0 bridgehead atoms. The van der Waals surface area contributed by atoms with Crippen molar-refractivity contribution >= 4 is 33.7 Å². The summed E-state index contributed by atoms with van der Waals surface area (Å²) in [7, 11) is 0. The maximum atomic E-state index is 9.31. The van der Waals surface area contributed by atoms with E-state index in [4.69, 9.17) is 9.05 Å². The van der Waals surface area contributed by atoms with Gasteiger partial charge in [0.25, 0.3) is 0 Å². The van der Waals surface area contributed by atoms with Gasteiger partial charge in [-0.1, -0.05) is 10.3 Å². The second-order valence-electron chi connectivity index (χ2n) is 12.8. The molecule has 0 atom stereocenters. The zero-order chi connectivity index (χ0) is 35.1. The molecule has 0 saturated carbocycles. The number of aromatic amines is 2. The van der Waals surface area contributed by atoms with Gasteiger partial charge in [0.15, 0.2) is 11.6 Å². The smallest absolute Gasteiger partial charge is 0.172 e. The summed E-state index contributed by atoms with van der Waals surface area (Å²) in [6.07, 6.45) is 18.0. The molecule has 10 rings (SSSR count). The maximum Gasteiger partial charge on any atom is 0.172 e. The van der Waals surface area contributed by atoms with Gasteiger partial charge in [-0.15, -0.1) is 0 Å². The molecule has 18 heteroatoms. The fraction of sp³-hybridized carbons (Fsp3) is 0.235. The van der Waals surface area contributed by atoms with Gasteiger partial charge in [0.1, 0.15) is 47.6 Å². The number of hydrogen-bond donors (Lipinski definition) is 2. The van der Waals surface area contributed by atoms with Crippen molar-refractivity contribution in [2.45, 2.75) is 23.9 Å². The molecule has 2 aliphatic heterocycles. The minimum atomic E-state index is -0.379. The number of hydrogen-bond acceptors (Lipinski definition) is 14. The molecule has 0 spiro atoms. The molecule has 2 saturated heterocycles. The van der Waals surface area contributed by atoms with Gasteiger partial charge in [0.2, 0.25) is 0 Å². The number of aromatic nitrogens is 12. The molecule has 2 aliphatic rings. The molecule has 256 valence electrons. The van der Waals surface area contributed by atoms with E-state index in [1.54, 1.807) is 24.9 Å². The Morgan fingerprint density at radius 3 is 1.52 bits per heavy atom. The first-order valence-electron chi connectivity index (χ1n) is 16.3. The number of H-pyrrole nitrogens is 2. The summed E-state index contributed by atoms with van der Waals surface area (Å²) in [5.41, 5.74) is 4.26. The Morgan fingerprint density at radius 1 is 0.654 bits per heavy atom. The predicted octanol–water partition coefficient (Wildman–Crippen LogP) is 3.88. The topological polar surface area (TPSA) is 225 Å². The van der Waals surface area contributed by atoms with Crippen molar-refractivity contribution in [2.24, 2.45) is 0 Å². The van der Waals surface area contributed by atoms with Crippen LogP contribution >= 0.6 is 0 Å². The first-order valence-corrected chi connectivity index (χ1v) is 16.3. The van der Waals surface area contributed by atoms with Gasteiger partial charge in [-0.05, 0) is 12.1 Å². The molecule has 10 heterocycles. The van der Waals surface area contributed by atoms with E-state index < -0.39 is 0 Å². The zero-order valence-electron chi connectivity index (χ0n) is 27.4. The van der Waals surface area contributed by atoms with Crippen molar-refractivity contribution in [2.75, 3.05) is 36.0 Å². The van der Waals surface area contributed by atoms with Crippen molar-refractivity contribution in [3.63, 3.8) is 0 Å². The molecule has 52 heavy (non-hydrogen) atoms. The van der Waals surface area contributed by atoms with E-state index in [-0.39, 0.29) is 11.1 Å². The molecule has 8 aromatic rings. The zero-order valence-corrected chi connectivity index (χ0v) is 27.4. The minimum absolute atomic E-state index is 0.367. The quantitative estimate of drug-likeness (QED) is 0.231. The van der Waals surface area contributed by atoms with Crippen LogP contribution in [0, 0.1) is 22.7 Å². The van der Waals surface area contributed by atoms with Gasteiger partial charge in [0, 0.05) is 85.0 Å². The number of nitriles is 2. The van der Waals surface area contributed by atoms with Crippen molar-refractivity contribution in [1.82, 2.24) is 59.8 Å². The summed E-state index contributed by atoms with van der Waals surface area (Å²) in [6.45, 7) is 2.60. The highest BCUT2D eigenvalue weighted by molar-refractivity contribution is 5.90. The molecular formula is C34H28N16O2. The second-order valence-corrected chi connectivity index (χ2v) is 12.8. The third-order valence-electron chi connectivity index (χ3n) is 9.65. The predicted molar refractivity (Wildman–Crippen MR) is 184 cm³/mol. The Morgan fingerprint density at radius 2 is 1.12 bits per heavy atom. The number of rotatable bonds is 8. The summed E-state index contributed by atoms with van der Waals surface area (Å²) in [5.74, 6) is 1.55. The Balaban J connectivity index is 0.000000138. The van der Waals surface area contributed by atoms with Crippen LogP contribution in [0.3, 0.4) is 0 Å². The lowest BCUT2D eigenvalue weighted by Crippen LogP contribution is -2.63. The molecule has 8 aromatic heterocycles. The van der Waals surface area contributed by atoms with E-state index in [9.17, 15) is 10.5 Å². The number of anilines is 2. The summed E-state index contributed by atoms with van der Waals surface area (Å²) < 4.78 is 13.6. The lowest BCUT2D eigenvalue weighted by molar-refractivity contribution is 0.195. The fourth-order valence-corrected chi connectivity index (χ4v) is 6.97. The monoisotopic (exact) mass is 692 g/mol. The normalized spacial score (nSPS) is 15.7. The van der Waals surface area contributed by atoms with Crippen LogP contribution in [0.4, 0.5) is 11.6 Å². The van der Waals surface area contributed by atoms with Gasteiger partial charge in [-0.2, -0.15) is 20.7 Å². The first kappa shape index (κ1) is 30.7. The van der Waals surface area contributed by atoms with E-state index in [1.807, 2.05) is 58.4 Å². The van der Waals surface area contributed by atoms with Crippen LogP contribution in [-0.2, 0) is 11.1 Å². The molecule has 0 aromatic carbocycles. The highest BCUT2D eigenvalue weighted by atomic mass is 16.5. The standard InChI is InChI=1S/2C17H14N8O/c2*18-4-3-17(9-24(10-17)14-2-6-26-23-14)25-8-12(7-22-25)15-13-1-5-19-16(13)21-11-20-15/h2*1-2,5-8,11H,3,9-10H2,(H,19,20,21). The maximum absolute atomic E-state index is 9.31. The molecule has 2 fully saturated rings. The molecule has 2 N–H and O–H groups in total. The molecule has 0 amide bonds. The largest absolute Gasteiger partial charge is 0.363 e. The highest BCUT2D eigenvalue weighted by Crippen LogP contribution is 2.38. The van der Waals surface area contributed by atoms with Crippen LogP contribution in [0.5, 0.6) is 0 Å². The number of nitrogens with one attached hydrogen (secondary N) is 2. The lowest BCUT2D eigenvalue weighted by atomic mass is 9.87. The van der Waals surface area contributed by atoms with Gasteiger partial charge in [-0.25, -0.2) is 19.9 Å². The number of fused-ring (bicyclic) bond motifs is 2. The average Bonchev–Trinajstić information content (AvgIpc) is 3.99. The molecule has 0 radical (unpaired) electrons. The minimum Gasteiger partial charge on any atom is -0.363 e. The van der Waals surface area contributed by atoms with E-state index in [2.05, 4.69) is 72.4 Å². The van der Waals surface area contributed by atoms with E-state index in [0.717, 1.165) is 56.2 Å². The van der Waals surface area contributed by atoms with Crippen molar-refractivity contribution in [3.05, 3.63) is 86.6 Å². The van der Waals surface area contributed by atoms with Gasteiger partial charge in [0.05, 0.1) is 48.8 Å². The summed E-state index contributed by atoms with van der Waals surface area (Å²) in [4.78, 5) is 27.6. The first-order chi connectivity index (χ1) is 25.6. The molecule has 0 aliphatic carbocycles. The van der Waals surface area contributed by atoms with Crippen LogP contribution < -0.4 is 9.80 Å². The van der Waals surface area contributed by atoms with Gasteiger partial charge >= 0.3 is 0 Å². The Bertz CT molecular complexity index is 2370. The number of nitrogens with zero attached hydrogens (tertiary/aromatic N) is 14. The summed E-state index contributed by atoms with van der Waals surface area (Å²) >= 11 is 0. The van der Waals surface area contributed by atoms with Crippen LogP contribution in [0.2, 0.25) is 0 Å². The fourth-order valence-electron chi connectivity index (χ4n) is 6.97. The van der Waals surface area contributed by atoms with Crippen molar-refractivity contribution in [1.29, 1.82) is 10.5 Å². The van der Waals surface area contributed by atoms with Crippen LogP contribution in [0.1, 0.15) is 12.8 Å². The third kappa shape index (κ3) is 5.09. The summed E-state index contributed by atoms with van der Waals surface area (Å²) in [5, 5.41) is 37.5. The Hall–Kier alpha value is -7.34. The molecule has 0 unspecified atom stereocenters. The van der Waals surface area contributed by atoms with Crippen LogP contribution in [0.25, 0.3) is 44.6 Å². The van der Waals surface area contributed by atoms with E-state index in [0.29, 0.717) is 39.0 Å². The Labute approximate surface area is 293 Å². The van der Waals surface area contributed by atoms with Crippen molar-refractivity contribution < 1.29 is 9.05 Å². The highest BCUT2D eigenvalue weighted by Gasteiger charge is 2.47. The van der Waals surface area contributed by atoms with E-state index >= 15 is 0 Å². The van der Waals surface area contributed by atoms with Crippen LogP contribution in [-0.4, -0.2) is 86.0 Å². The SMILES string of the molecule is N#CCC1(n2cc(-c3ncnc4[nH]ccc34)cn2)CN(c2ccon2)C1.N#CCC1(n2cc(-c3ncnc4[nH]ccc34)cn2)CN(c2ccon2)C1. The van der Waals surface area contributed by atoms with Gasteiger partial charge in [-0.3, -0.25) is 9.36 Å². The summed E-state index contributed by atoms with van der Waals surface area (Å²) in [6, 6.07) is 12.1. The third-order valence-corrected chi connectivity index (χ3v) is 9.65.